The molecule has 0 bridgehead atoms. The zero-order valence-electron chi connectivity index (χ0n) is 7.61. The van der Waals surface area contributed by atoms with Gasteiger partial charge in [0.1, 0.15) is 3.92 Å². The van der Waals surface area contributed by atoms with Crippen molar-refractivity contribution in [2.75, 3.05) is 0 Å². The van der Waals surface area contributed by atoms with Gasteiger partial charge in [-0.3, -0.25) is 4.98 Å². The minimum atomic E-state index is -0.206. The molecule has 1 heterocycles. The predicted molar refractivity (Wildman–Crippen MR) is 69.1 cm³/mol. The summed E-state index contributed by atoms with van der Waals surface area (Å²) in [6.07, 6.45) is 0. The Kier molecular flexibility index (Phi) is 3.08. The van der Waals surface area contributed by atoms with Gasteiger partial charge in [-0.15, -0.1) is 0 Å². The highest BCUT2D eigenvalue weighted by Gasteiger charge is 2.07. The number of pyridine rings is 1. The highest BCUT2D eigenvalue weighted by molar-refractivity contribution is 14.1. The van der Waals surface area contributed by atoms with Gasteiger partial charge < -0.3 is 0 Å². The maximum atomic E-state index is 8.79. The van der Waals surface area contributed by atoms with Crippen LogP contribution in [0.4, 0.5) is 0 Å². The van der Waals surface area contributed by atoms with E-state index < -0.39 is 0 Å². The van der Waals surface area contributed by atoms with Crippen molar-refractivity contribution in [2.24, 2.45) is 0 Å². The van der Waals surface area contributed by atoms with E-state index in [1.807, 2.05) is 24.3 Å². The lowest BCUT2D eigenvalue weighted by Gasteiger charge is -2.03. The maximum Gasteiger partial charge on any atom is 0.140 e. The lowest BCUT2D eigenvalue weighted by Crippen LogP contribution is -1.91. The Morgan fingerprint density at radius 1 is 1.33 bits per heavy atom. The minimum Gasteiger partial charge on any atom is -0.251 e. The average molecular weight is 329 g/mol. The van der Waals surface area contributed by atoms with E-state index in [1.54, 1.807) is 6.07 Å². The van der Waals surface area contributed by atoms with Gasteiger partial charge in [0.2, 0.25) is 0 Å². The zero-order chi connectivity index (χ0) is 10.8. The number of nitrogens with zero attached hydrogens (tertiary/aromatic N) is 2. The Labute approximate surface area is 106 Å². The van der Waals surface area contributed by atoms with Crippen molar-refractivity contribution in [3.63, 3.8) is 0 Å². The van der Waals surface area contributed by atoms with Gasteiger partial charge in [-0.25, -0.2) is 0 Å². The number of benzene rings is 1. The van der Waals surface area contributed by atoms with Crippen LogP contribution in [0.15, 0.2) is 30.3 Å². The predicted octanol–water partition coefficient (Wildman–Crippen LogP) is 3.89. The Hall–Kier alpha value is -0.860. The number of nitriles is 1. The van der Waals surface area contributed by atoms with Crippen LogP contribution < -0.4 is 0 Å². The van der Waals surface area contributed by atoms with Crippen molar-refractivity contribution in [1.82, 2.24) is 4.98 Å². The molecule has 0 saturated heterocycles. The minimum absolute atomic E-state index is 0.206. The molecule has 2 rings (SSSR count). The van der Waals surface area contributed by atoms with Crippen LogP contribution in [-0.2, 0) is 0 Å². The van der Waals surface area contributed by atoms with Crippen molar-refractivity contribution < 1.29 is 0 Å². The van der Waals surface area contributed by atoms with Gasteiger partial charge in [-0.05, 0) is 24.3 Å². The van der Waals surface area contributed by atoms with Crippen LogP contribution >= 0.6 is 34.2 Å². The van der Waals surface area contributed by atoms with Gasteiger partial charge in [0.05, 0.1) is 17.3 Å². The van der Waals surface area contributed by atoms with Gasteiger partial charge in [0.15, 0.2) is 0 Å². The van der Waals surface area contributed by atoms with Crippen LogP contribution in [0.1, 0.15) is 9.62 Å². The molecule has 0 fully saturated rings. The summed E-state index contributed by atoms with van der Waals surface area (Å²) in [5.74, 6) is 0. The number of hydrogen-bond acceptors (Lipinski definition) is 2. The number of rotatable bonds is 1. The molecule has 0 saturated carbocycles. The molecule has 74 valence electrons. The summed E-state index contributed by atoms with van der Waals surface area (Å²) in [6.45, 7) is 0. The van der Waals surface area contributed by atoms with Crippen molar-refractivity contribution in [3.8, 4) is 6.07 Å². The van der Waals surface area contributed by atoms with Crippen LogP contribution in [0.25, 0.3) is 10.9 Å². The Morgan fingerprint density at radius 2 is 2.13 bits per heavy atom. The van der Waals surface area contributed by atoms with E-state index in [1.165, 1.54) is 0 Å². The molecule has 1 aromatic heterocycles. The first kappa shape index (κ1) is 10.7. The molecule has 2 nitrogen and oxygen atoms in total. The van der Waals surface area contributed by atoms with Gasteiger partial charge in [0.25, 0.3) is 0 Å². The molecule has 0 spiro atoms. The van der Waals surface area contributed by atoms with Crippen LogP contribution in [0.5, 0.6) is 0 Å². The number of fused-ring (bicyclic) bond motifs is 1. The van der Waals surface area contributed by atoms with E-state index >= 15 is 0 Å². The van der Waals surface area contributed by atoms with Crippen molar-refractivity contribution in [2.45, 2.75) is 3.92 Å². The lowest BCUT2D eigenvalue weighted by molar-refractivity contribution is 1.15. The van der Waals surface area contributed by atoms with E-state index in [2.05, 4.69) is 33.6 Å². The Bertz CT molecular complexity index is 548. The van der Waals surface area contributed by atoms with E-state index in [4.69, 9.17) is 16.9 Å². The SMILES string of the molecule is N#CC(I)c1ccc2cc(Cl)ccc2n1. The molecule has 0 aliphatic carbocycles. The summed E-state index contributed by atoms with van der Waals surface area (Å²) in [4.78, 5) is 4.40. The highest BCUT2D eigenvalue weighted by Crippen LogP contribution is 2.24. The molecule has 15 heavy (non-hydrogen) atoms. The summed E-state index contributed by atoms with van der Waals surface area (Å²) < 4.78 is -0.206. The molecule has 0 aliphatic heterocycles. The summed E-state index contributed by atoms with van der Waals surface area (Å²) in [5.41, 5.74) is 1.65. The zero-order valence-corrected chi connectivity index (χ0v) is 10.5. The molecule has 1 atom stereocenters. The molecule has 4 heteroatoms. The summed E-state index contributed by atoms with van der Waals surface area (Å²) in [6, 6.07) is 11.5. The van der Waals surface area contributed by atoms with E-state index in [0.717, 1.165) is 16.6 Å². The smallest absolute Gasteiger partial charge is 0.140 e. The second-order valence-corrected chi connectivity index (χ2v) is 4.75. The Balaban J connectivity index is 2.58. The first-order valence-corrected chi connectivity index (χ1v) is 5.93. The number of alkyl halides is 1. The summed E-state index contributed by atoms with van der Waals surface area (Å²) in [7, 11) is 0. The van der Waals surface area contributed by atoms with Crippen LogP contribution in [0.2, 0.25) is 5.02 Å². The van der Waals surface area contributed by atoms with Crippen molar-refractivity contribution >= 4 is 45.1 Å². The Morgan fingerprint density at radius 3 is 2.87 bits per heavy atom. The summed E-state index contributed by atoms with van der Waals surface area (Å²) >= 11 is 7.93. The number of halogens is 2. The second-order valence-electron chi connectivity index (χ2n) is 3.06. The largest absolute Gasteiger partial charge is 0.251 e. The van der Waals surface area contributed by atoms with Crippen molar-refractivity contribution in [1.29, 1.82) is 5.26 Å². The maximum absolute atomic E-state index is 8.79. The topological polar surface area (TPSA) is 36.7 Å². The summed E-state index contributed by atoms with van der Waals surface area (Å²) in [5, 5.41) is 10.5. The molecule has 0 aliphatic rings. The van der Waals surface area contributed by atoms with Gasteiger partial charge in [-0.2, -0.15) is 5.26 Å². The van der Waals surface area contributed by atoms with Crippen molar-refractivity contribution in [3.05, 3.63) is 41.0 Å². The molecule has 0 radical (unpaired) electrons. The number of hydrogen-bond donors (Lipinski definition) is 0. The monoisotopic (exact) mass is 328 g/mol. The number of aromatic nitrogens is 1. The highest BCUT2D eigenvalue weighted by atomic mass is 127. The van der Waals surface area contributed by atoms with E-state index in [0.29, 0.717) is 5.02 Å². The van der Waals surface area contributed by atoms with E-state index in [-0.39, 0.29) is 3.92 Å². The third-order valence-electron chi connectivity index (χ3n) is 2.05. The molecule has 2 aromatic rings. The van der Waals surface area contributed by atoms with Gasteiger partial charge >= 0.3 is 0 Å². The lowest BCUT2D eigenvalue weighted by atomic mass is 10.2. The molecule has 0 N–H and O–H groups in total. The third kappa shape index (κ3) is 2.21. The third-order valence-corrected chi connectivity index (χ3v) is 3.20. The normalized spacial score (nSPS) is 12.3. The molecular formula is C11H6ClIN2. The van der Waals surface area contributed by atoms with Crippen LogP contribution in [0.3, 0.4) is 0 Å². The fourth-order valence-electron chi connectivity index (χ4n) is 1.32. The van der Waals surface area contributed by atoms with Gasteiger partial charge in [-0.1, -0.05) is 40.3 Å². The molecule has 1 unspecified atom stereocenters. The quantitative estimate of drug-likeness (QED) is 0.588. The second kappa shape index (κ2) is 4.33. The fraction of sp³-hybridized carbons (Fsp3) is 0.0909. The first-order valence-electron chi connectivity index (χ1n) is 4.30. The molecular weight excluding hydrogens is 322 g/mol. The standard InChI is InChI=1S/C11H6ClIN2/c12-8-2-4-10-7(5-8)1-3-11(15-10)9(13)6-14/h1-5,9H. The van der Waals surface area contributed by atoms with Crippen LogP contribution in [-0.4, -0.2) is 4.98 Å². The molecule has 1 aromatic carbocycles. The van der Waals surface area contributed by atoms with E-state index in [9.17, 15) is 0 Å². The van der Waals surface area contributed by atoms with Crippen LogP contribution in [0, 0.1) is 11.3 Å². The molecule has 0 amide bonds. The average Bonchev–Trinajstić information content (AvgIpc) is 2.27. The first-order chi connectivity index (χ1) is 7.20. The van der Waals surface area contributed by atoms with Gasteiger partial charge in [0, 0.05) is 10.4 Å². The fourth-order valence-corrected chi connectivity index (χ4v) is 1.85.